The lowest BCUT2D eigenvalue weighted by Crippen LogP contribution is -2.29. The molecule has 0 unspecified atom stereocenters. The Morgan fingerprint density at radius 3 is 2.69 bits per heavy atom. The smallest absolute Gasteiger partial charge is 0.227 e. The summed E-state index contributed by atoms with van der Waals surface area (Å²) >= 11 is 5.65. The van der Waals surface area contributed by atoms with Crippen molar-refractivity contribution in [3.05, 3.63) is 34.6 Å². The highest BCUT2D eigenvalue weighted by molar-refractivity contribution is 6.30. The Bertz CT molecular complexity index is 402. The molecule has 1 aliphatic rings. The fourth-order valence-corrected chi connectivity index (χ4v) is 2.07. The van der Waals surface area contributed by atoms with E-state index >= 15 is 0 Å². The van der Waals surface area contributed by atoms with Crippen molar-refractivity contribution in [2.75, 3.05) is 13.1 Å². The topological polar surface area (TPSA) is 20.3 Å². The molecule has 0 bridgehead atoms. The molecule has 1 aliphatic heterocycles. The van der Waals surface area contributed by atoms with Crippen LogP contribution in [0.25, 0.3) is 0 Å². The number of likely N-dealkylation sites (tertiary alicyclic amines) is 1. The molecule has 4 heteroatoms. The maximum atomic E-state index is 13.4. The average Bonchev–Trinajstić information content (AvgIpc) is 2.75. The molecule has 2 nitrogen and oxygen atoms in total. The van der Waals surface area contributed by atoms with Gasteiger partial charge in [0.05, 0.1) is 6.42 Å². The van der Waals surface area contributed by atoms with E-state index in [2.05, 4.69) is 0 Å². The van der Waals surface area contributed by atoms with Gasteiger partial charge in [-0.1, -0.05) is 17.7 Å². The molecule has 0 N–H and O–H groups in total. The summed E-state index contributed by atoms with van der Waals surface area (Å²) in [7, 11) is 0. The summed E-state index contributed by atoms with van der Waals surface area (Å²) in [5, 5.41) is 0.356. The zero-order valence-corrected chi connectivity index (χ0v) is 9.63. The Morgan fingerprint density at radius 2 is 2.06 bits per heavy atom. The monoisotopic (exact) mass is 241 g/mol. The predicted molar refractivity (Wildman–Crippen MR) is 60.9 cm³/mol. The van der Waals surface area contributed by atoms with E-state index in [1.807, 2.05) is 0 Å². The predicted octanol–water partition coefficient (Wildman–Crippen LogP) is 2.64. The van der Waals surface area contributed by atoms with E-state index in [0.29, 0.717) is 10.6 Å². The van der Waals surface area contributed by atoms with E-state index in [1.165, 1.54) is 6.07 Å². The highest BCUT2D eigenvalue weighted by Gasteiger charge is 2.19. The van der Waals surface area contributed by atoms with Crippen molar-refractivity contribution < 1.29 is 9.18 Å². The van der Waals surface area contributed by atoms with Gasteiger partial charge in [-0.15, -0.1) is 0 Å². The molecule has 0 aromatic heterocycles. The Kier molecular flexibility index (Phi) is 3.44. The Balaban J connectivity index is 2.05. The second kappa shape index (κ2) is 4.83. The molecule has 0 saturated carbocycles. The van der Waals surface area contributed by atoms with Crippen molar-refractivity contribution in [3.63, 3.8) is 0 Å². The van der Waals surface area contributed by atoms with Crippen LogP contribution in [0.1, 0.15) is 18.4 Å². The number of carbonyl (C=O) groups excluding carboxylic acids is 1. The van der Waals surface area contributed by atoms with Gasteiger partial charge in [-0.2, -0.15) is 0 Å². The molecule has 1 heterocycles. The van der Waals surface area contributed by atoms with Crippen LogP contribution in [0.5, 0.6) is 0 Å². The summed E-state index contributed by atoms with van der Waals surface area (Å²) in [6, 6.07) is 4.43. The van der Waals surface area contributed by atoms with Crippen LogP contribution in [0.4, 0.5) is 4.39 Å². The first-order valence-corrected chi connectivity index (χ1v) is 5.76. The normalized spacial score (nSPS) is 15.5. The molecule has 1 fully saturated rings. The van der Waals surface area contributed by atoms with Crippen molar-refractivity contribution in [3.8, 4) is 0 Å². The van der Waals surface area contributed by atoms with Crippen LogP contribution < -0.4 is 0 Å². The van der Waals surface area contributed by atoms with Crippen molar-refractivity contribution >= 4 is 17.5 Å². The molecule has 1 aromatic carbocycles. The molecule has 1 saturated heterocycles. The highest BCUT2D eigenvalue weighted by atomic mass is 35.5. The number of carbonyl (C=O) groups is 1. The van der Waals surface area contributed by atoms with Crippen molar-refractivity contribution in [1.29, 1.82) is 0 Å². The lowest BCUT2D eigenvalue weighted by atomic mass is 10.1. The van der Waals surface area contributed by atoms with Crippen LogP contribution in [0.2, 0.25) is 5.02 Å². The van der Waals surface area contributed by atoms with Gasteiger partial charge in [0, 0.05) is 18.1 Å². The van der Waals surface area contributed by atoms with Gasteiger partial charge in [0.2, 0.25) is 5.91 Å². The first-order chi connectivity index (χ1) is 7.66. The quantitative estimate of drug-likeness (QED) is 0.780. The number of halogens is 2. The molecule has 1 aromatic rings. The zero-order chi connectivity index (χ0) is 11.5. The SMILES string of the molecule is O=C(Cc1ccc(Cl)cc1F)N1CCCC1. The second-order valence-electron chi connectivity index (χ2n) is 4.00. The van der Waals surface area contributed by atoms with Crippen LogP contribution in [-0.4, -0.2) is 23.9 Å². The van der Waals surface area contributed by atoms with Crippen LogP contribution in [0.15, 0.2) is 18.2 Å². The molecular weight excluding hydrogens is 229 g/mol. The van der Waals surface area contributed by atoms with E-state index in [-0.39, 0.29) is 12.3 Å². The maximum absolute atomic E-state index is 13.4. The fraction of sp³-hybridized carbons (Fsp3) is 0.417. The standard InChI is InChI=1S/C12H13ClFNO/c13-10-4-3-9(11(14)8-10)7-12(16)15-5-1-2-6-15/h3-4,8H,1-2,5-7H2. The van der Waals surface area contributed by atoms with Gasteiger partial charge >= 0.3 is 0 Å². The molecule has 0 aliphatic carbocycles. The summed E-state index contributed by atoms with van der Waals surface area (Å²) in [6.07, 6.45) is 2.23. The molecule has 1 amide bonds. The maximum Gasteiger partial charge on any atom is 0.227 e. The molecule has 0 atom stereocenters. The van der Waals surface area contributed by atoms with Crippen molar-refractivity contribution in [1.82, 2.24) is 4.90 Å². The van der Waals surface area contributed by atoms with Gasteiger partial charge in [-0.3, -0.25) is 4.79 Å². The van der Waals surface area contributed by atoms with E-state index in [1.54, 1.807) is 17.0 Å². The van der Waals surface area contributed by atoms with E-state index in [0.717, 1.165) is 25.9 Å². The van der Waals surface area contributed by atoms with Gasteiger partial charge in [0.25, 0.3) is 0 Å². The largest absolute Gasteiger partial charge is 0.342 e. The van der Waals surface area contributed by atoms with Crippen LogP contribution in [0.3, 0.4) is 0 Å². The van der Waals surface area contributed by atoms with Gasteiger partial charge in [-0.25, -0.2) is 4.39 Å². The summed E-state index contributed by atoms with van der Waals surface area (Å²) in [4.78, 5) is 13.6. The third-order valence-electron chi connectivity index (χ3n) is 2.82. The molecular formula is C12H13ClFNO. The molecule has 16 heavy (non-hydrogen) atoms. The van der Waals surface area contributed by atoms with Gasteiger partial charge in [-0.05, 0) is 30.5 Å². The van der Waals surface area contributed by atoms with E-state index in [9.17, 15) is 9.18 Å². The number of hydrogen-bond donors (Lipinski definition) is 0. The number of amides is 1. The number of nitrogens with zero attached hydrogens (tertiary/aromatic N) is 1. The van der Waals surface area contributed by atoms with Gasteiger partial charge in [0.1, 0.15) is 5.82 Å². The van der Waals surface area contributed by atoms with E-state index < -0.39 is 5.82 Å². The molecule has 0 radical (unpaired) electrons. The lowest BCUT2D eigenvalue weighted by molar-refractivity contribution is -0.129. The number of rotatable bonds is 2. The summed E-state index contributed by atoms with van der Waals surface area (Å²) < 4.78 is 13.4. The molecule has 0 spiro atoms. The molecule has 86 valence electrons. The Hall–Kier alpha value is -1.09. The van der Waals surface area contributed by atoms with Crippen LogP contribution in [-0.2, 0) is 11.2 Å². The minimum atomic E-state index is -0.403. The Labute approximate surface area is 99.0 Å². The Morgan fingerprint density at radius 1 is 1.38 bits per heavy atom. The van der Waals surface area contributed by atoms with Crippen molar-refractivity contribution in [2.45, 2.75) is 19.3 Å². The first kappa shape index (κ1) is 11.4. The first-order valence-electron chi connectivity index (χ1n) is 5.38. The second-order valence-corrected chi connectivity index (χ2v) is 4.44. The third kappa shape index (κ3) is 2.53. The van der Waals surface area contributed by atoms with Crippen LogP contribution in [0, 0.1) is 5.82 Å². The highest BCUT2D eigenvalue weighted by Crippen LogP contribution is 2.17. The summed E-state index contributed by atoms with van der Waals surface area (Å²) in [5.41, 5.74) is 0.418. The minimum absolute atomic E-state index is 0.00118. The summed E-state index contributed by atoms with van der Waals surface area (Å²) in [6.45, 7) is 1.60. The van der Waals surface area contributed by atoms with Crippen LogP contribution >= 0.6 is 11.6 Å². The van der Waals surface area contributed by atoms with Gasteiger partial charge < -0.3 is 4.90 Å². The number of hydrogen-bond acceptors (Lipinski definition) is 1. The summed E-state index contributed by atoms with van der Waals surface area (Å²) in [5.74, 6) is -0.404. The lowest BCUT2D eigenvalue weighted by Gasteiger charge is -2.15. The minimum Gasteiger partial charge on any atom is -0.342 e. The number of benzene rings is 1. The third-order valence-corrected chi connectivity index (χ3v) is 3.05. The average molecular weight is 242 g/mol. The van der Waals surface area contributed by atoms with Crippen molar-refractivity contribution in [2.24, 2.45) is 0 Å². The van der Waals surface area contributed by atoms with E-state index in [4.69, 9.17) is 11.6 Å². The fourth-order valence-electron chi connectivity index (χ4n) is 1.91. The van der Waals surface area contributed by atoms with Gasteiger partial charge in [0.15, 0.2) is 0 Å². The molecule has 2 rings (SSSR count). The zero-order valence-electron chi connectivity index (χ0n) is 8.88.